The average molecular weight is 236 g/mol. The molecular formula is C12H13FN2S. The molecule has 0 fully saturated rings. The molecule has 16 heavy (non-hydrogen) atoms. The van der Waals surface area contributed by atoms with Gasteiger partial charge in [-0.05, 0) is 38.1 Å². The van der Waals surface area contributed by atoms with Crippen molar-refractivity contribution in [3.63, 3.8) is 0 Å². The number of nitrogens with one attached hydrogen (secondary N) is 1. The van der Waals surface area contributed by atoms with E-state index in [4.69, 9.17) is 0 Å². The molecule has 1 aromatic heterocycles. The molecule has 2 aromatic rings. The number of anilines is 1. The second-order valence-corrected chi connectivity index (χ2v) is 4.70. The first kappa shape index (κ1) is 11.1. The second kappa shape index (κ2) is 4.61. The Kier molecular flexibility index (Phi) is 3.19. The van der Waals surface area contributed by atoms with Gasteiger partial charge in [0, 0.05) is 17.0 Å². The van der Waals surface area contributed by atoms with Crippen LogP contribution in [0.1, 0.15) is 13.8 Å². The highest BCUT2D eigenvalue weighted by atomic mass is 32.1. The van der Waals surface area contributed by atoms with Crippen molar-refractivity contribution in [2.75, 3.05) is 5.32 Å². The highest BCUT2D eigenvalue weighted by Gasteiger charge is 2.05. The van der Waals surface area contributed by atoms with Crippen molar-refractivity contribution in [1.82, 2.24) is 4.98 Å². The van der Waals surface area contributed by atoms with E-state index in [2.05, 4.69) is 24.1 Å². The number of aromatic nitrogens is 1. The molecule has 4 heteroatoms. The summed E-state index contributed by atoms with van der Waals surface area (Å²) in [6.45, 7) is 4.14. The Morgan fingerprint density at radius 2 is 1.94 bits per heavy atom. The highest BCUT2D eigenvalue weighted by molar-refractivity contribution is 7.14. The number of nitrogens with zero attached hydrogens (tertiary/aromatic N) is 1. The number of hydrogen-bond acceptors (Lipinski definition) is 3. The number of hydrogen-bond donors (Lipinski definition) is 1. The molecule has 0 aliphatic carbocycles. The van der Waals surface area contributed by atoms with E-state index in [1.54, 1.807) is 23.5 Å². The third kappa shape index (κ3) is 2.58. The molecule has 1 heterocycles. The summed E-state index contributed by atoms with van der Waals surface area (Å²) in [5, 5.41) is 6.11. The Balaban J connectivity index is 2.21. The predicted molar refractivity (Wildman–Crippen MR) is 66.3 cm³/mol. The van der Waals surface area contributed by atoms with Crippen LogP contribution >= 0.6 is 11.3 Å². The summed E-state index contributed by atoms with van der Waals surface area (Å²) in [5.74, 6) is -0.223. The normalized spacial score (nSPS) is 10.8. The van der Waals surface area contributed by atoms with E-state index in [-0.39, 0.29) is 5.82 Å². The fourth-order valence-electron chi connectivity index (χ4n) is 1.34. The van der Waals surface area contributed by atoms with Gasteiger partial charge in [0.25, 0.3) is 0 Å². The largest absolute Gasteiger partial charge is 0.359 e. The zero-order chi connectivity index (χ0) is 11.5. The molecule has 0 saturated carbocycles. The average Bonchev–Trinajstić information content (AvgIpc) is 2.66. The first-order chi connectivity index (χ1) is 7.65. The Morgan fingerprint density at radius 1 is 1.25 bits per heavy atom. The molecule has 1 N–H and O–H groups in total. The first-order valence-electron chi connectivity index (χ1n) is 5.13. The maximum Gasteiger partial charge on any atom is 0.183 e. The van der Waals surface area contributed by atoms with Gasteiger partial charge >= 0.3 is 0 Å². The van der Waals surface area contributed by atoms with Crippen LogP contribution in [0.15, 0.2) is 29.6 Å². The molecule has 84 valence electrons. The van der Waals surface area contributed by atoms with E-state index < -0.39 is 0 Å². The van der Waals surface area contributed by atoms with Crippen LogP contribution in [0.2, 0.25) is 0 Å². The summed E-state index contributed by atoms with van der Waals surface area (Å²) >= 11 is 1.56. The van der Waals surface area contributed by atoms with Gasteiger partial charge in [-0.2, -0.15) is 0 Å². The number of halogens is 1. The quantitative estimate of drug-likeness (QED) is 0.877. The van der Waals surface area contributed by atoms with Crippen molar-refractivity contribution in [2.45, 2.75) is 19.9 Å². The fraction of sp³-hybridized carbons (Fsp3) is 0.250. The van der Waals surface area contributed by atoms with Crippen LogP contribution < -0.4 is 5.32 Å². The lowest BCUT2D eigenvalue weighted by Crippen LogP contribution is -2.08. The molecule has 0 amide bonds. The SMILES string of the molecule is CC(C)Nc1nc(-c2ccc(F)cc2)cs1. The maximum absolute atomic E-state index is 12.7. The minimum absolute atomic E-state index is 0.223. The van der Waals surface area contributed by atoms with Gasteiger partial charge in [0.1, 0.15) is 5.82 Å². The summed E-state index contributed by atoms with van der Waals surface area (Å²) in [7, 11) is 0. The summed E-state index contributed by atoms with van der Waals surface area (Å²) in [5.41, 5.74) is 1.82. The summed E-state index contributed by atoms with van der Waals surface area (Å²) < 4.78 is 12.7. The zero-order valence-corrected chi connectivity index (χ0v) is 10.0. The Morgan fingerprint density at radius 3 is 2.56 bits per heavy atom. The molecule has 0 bridgehead atoms. The van der Waals surface area contributed by atoms with Gasteiger partial charge in [0.2, 0.25) is 0 Å². The third-order valence-electron chi connectivity index (χ3n) is 2.06. The number of benzene rings is 1. The Bertz CT molecular complexity index is 462. The molecule has 0 atom stereocenters. The Hall–Kier alpha value is -1.42. The summed E-state index contributed by atoms with van der Waals surface area (Å²) in [6.07, 6.45) is 0. The van der Waals surface area contributed by atoms with E-state index in [0.29, 0.717) is 6.04 Å². The van der Waals surface area contributed by atoms with Gasteiger partial charge in [-0.3, -0.25) is 0 Å². The van der Waals surface area contributed by atoms with Crippen molar-refractivity contribution >= 4 is 16.5 Å². The molecule has 0 radical (unpaired) electrons. The van der Waals surface area contributed by atoms with E-state index in [1.807, 2.05) is 5.38 Å². The van der Waals surface area contributed by atoms with E-state index in [1.165, 1.54) is 12.1 Å². The zero-order valence-electron chi connectivity index (χ0n) is 9.20. The van der Waals surface area contributed by atoms with Crippen LogP contribution in [-0.2, 0) is 0 Å². The summed E-state index contributed by atoms with van der Waals surface area (Å²) in [6, 6.07) is 6.74. The third-order valence-corrected chi connectivity index (χ3v) is 2.83. The lowest BCUT2D eigenvalue weighted by atomic mass is 10.2. The molecule has 2 nitrogen and oxygen atoms in total. The van der Waals surface area contributed by atoms with Crippen molar-refractivity contribution in [3.05, 3.63) is 35.5 Å². The molecule has 0 unspecified atom stereocenters. The van der Waals surface area contributed by atoms with Crippen molar-refractivity contribution in [2.24, 2.45) is 0 Å². The van der Waals surface area contributed by atoms with E-state index in [0.717, 1.165) is 16.4 Å². The minimum atomic E-state index is -0.223. The van der Waals surface area contributed by atoms with Crippen LogP contribution in [0.25, 0.3) is 11.3 Å². The van der Waals surface area contributed by atoms with Gasteiger partial charge in [-0.25, -0.2) is 9.37 Å². The molecule has 0 spiro atoms. The van der Waals surface area contributed by atoms with E-state index >= 15 is 0 Å². The molecule has 0 aliphatic heterocycles. The molecular weight excluding hydrogens is 223 g/mol. The lowest BCUT2D eigenvalue weighted by molar-refractivity contribution is 0.628. The van der Waals surface area contributed by atoms with Gasteiger partial charge < -0.3 is 5.32 Å². The fourth-order valence-corrected chi connectivity index (χ4v) is 2.21. The Labute approximate surface area is 98.2 Å². The minimum Gasteiger partial charge on any atom is -0.359 e. The topological polar surface area (TPSA) is 24.9 Å². The number of rotatable bonds is 3. The van der Waals surface area contributed by atoms with Crippen molar-refractivity contribution in [1.29, 1.82) is 0 Å². The predicted octanol–water partition coefficient (Wildman–Crippen LogP) is 3.77. The monoisotopic (exact) mass is 236 g/mol. The van der Waals surface area contributed by atoms with Gasteiger partial charge in [-0.15, -0.1) is 11.3 Å². The van der Waals surface area contributed by atoms with Gasteiger partial charge in [-0.1, -0.05) is 0 Å². The molecule has 2 rings (SSSR count). The van der Waals surface area contributed by atoms with Crippen molar-refractivity contribution in [3.8, 4) is 11.3 Å². The van der Waals surface area contributed by atoms with E-state index in [9.17, 15) is 4.39 Å². The second-order valence-electron chi connectivity index (χ2n) is 3.84. The lowest BCUT2D eigenvalue weighted by Gasteiger charge is -2.04. The van der Waals surface area contributed by atoms with Gasteiger partial charge in [0.15, 0.2) is 5.13 Å². The molecule has 0 saturated heterocycles. The van der Waals surface area contributed by atoms with Crippen LogP contribution in [0.3, 0.4) is 0 Å². The molecule has 1 aromatic carbocycles. The van der Waals surface area contributed by atoms with Crippen molar-refractivity contribution < 1.29 is 4.39 Å². The van der Waals surface area contributed by atoms with Crippen LogP contribution in [-0.4, -0.2) is 11.0 Å². The van der Waals surface area contributed by atoms with Gasteiger partial charge in [0.05, 0.1) is 5.69 Å². The van der Waals surface area contributed by atoms with Crippen LogP contribution in [0, 0.1) is 5.82 Å². The smallest absolute Gasteiger partial charge is 0.183 e. The number of thiazole rings is 1. The first-order valence-corrected chi connectivity index (χ1v) is 6.01. The highest BCUT2D eigenvalue weighted by Crippen LogP contribution is 2.25. The van der Waals surface area contributed by atoms with Crippen LogP contribution in [0.5, 0.6) is 0 Å². The molecule has 0 aliphatic rings. The van der Waals surface area contributed by atoms with Crippen LogP contribution in [0.4, 0.5) is 9.52 Å². The maximum atomic E-state index is 12.7. The summed E-state index contributed by atoms with van der Waals surface area (Å²) in [4.78, 5) is 4.44. The standard InChI is InChI=1S/C12H13FN2S/c1-8(2)14-12-15-11(7-16-12)9-3-5-10(13)6-4-9/h3-8H,1-2H3,(H,14,15).